The molecule has 2 heteroatoms. The van der Waals surface area contributed by atoms with Crippen LogP contribution in [0.25, 0.3) is 0 Å². The second kappa shape index (κ2) is 9.15. The summed E-state index contributed by atoms with van der Waals surface area (Å²) in [7, 11) is 0. The van der Waals surface area contributed by atoms with Gasteiger partial charge in [0, 0.05) is 18.6 Å². The molecule has 0 amide bonds. The Morgan fingerprint density at radius 2 is 1.81 bits per heavy atom. The second-order valence-electron chi connectivity index (χ2n) is 7.87. The van der Waals surface area contributed by atoms with Crippen LogP contribution in [-0.2, 0) is 0 Å². The molecule has 2 nitrogen and oxygen atoms in total. The standard InChI is InChI=1S/C19H38N2/c1-4-13-20-19-9-7-5-6-8-17(19)15-21(18-10-11-18)14-12-16(2)3/h16-20H,4-15H2,1-3H3. The monoisotopic (exact) mass is 294 g/mol. The molecule has 2 aliphatic rings. The van der Waals surface area contributed by atoms with Gasteiger partial charge in [0.05, 0.1) is 0 Å². The maximum absolute atomic E-state index is 3.86. The molecule has 2 atom stereocenters. The molecule has 0 radical (unpaired) electrons. The largest absolute Gasteiger partial charge is 0.314 e. The summed E-state index contributed by atoms with van der Waals surface area (Å²) in [6.07, 6.45) is 12.8. The average molecular weight is 295 g/mol. The van der Waals surface area contributed by atoms with Crippen molar-refractivity contribution in [1.29, 1.82) is 0 Å². The van der Waals surface area contributed by atoms with Gasteiger partial charge in [-0.3, -0.25) is 0 Å². The van der Waals surface area contributed by atoms with Gasteiger partial charge in [-0.2, -0.15) is 0 Å². The zero-order valence-corrected chi connectivity index (χ0v) is 14.7. The SMILES string of the molecule is CCCNC1CCCCCC1CN(CCC(C)C)C1CC1. The fourth-order valence-corrected chi connectivity index (χ4v) is 3.79. The summed E-state index contributed by atoms with van der Waals surface area (Å²) in [6, 6.07) is 1.71. The Bertz CT molecular complexity index is 273. The fourth-order valence-electron chi connectivity index (χ4n) is 3.79. The van der Waals surface area contributed by atoms with Gasteiger partial charge in [0.15, 0.2) is 0 Å². The van der Waals surface area contributed by atoms with Crippen LogP contribution in [0, 0.1) is 11.8 Å². The van der Waals surface area contributed by atoms with Gasteiger partial charge in [-0.1, -0.05) is 40.0 Å². The third-order valence-corrected chi connectivity index (χ3v) is 5.34. The van der Waals surface area contributed by atoms with Crippen LogP contribution in [0.4, 0.5) is 0 Å². The third kappa shape index (κ3) is 6.28. The molecular weight excluding hydrogens is 256 g/mol. The molecular formula is C19H38N2. The lowest BCUT2D eigenvalue weighted by molar-refractivity contribution is 0.178. The minimum atomic E-state index is 0.785. The van der Waals surface area contributed by atoms with Crippen molar-refractivity contribution in [2.45, 2.75) is 90.6 Å². The first kappa shape index (κ1) is 17.3. The number of hydrogen-bond acceptors (Lipinski definition) is 2. The Kier molecular flexibility index (Phi) is 7.53. The topological polar surface area (TPSA) is 15.3 Å². The van der Waals surface area contributed by atoms with E-state index in [0.29, 0.717) is 0 Å². The average Bonchev–Trinajstić information content (AvgIpc) is 3.28. The summed E-state index contributed by atoms with van der Waals surface area (Å²) < 4.78 is 0. The van der Waals surface area contributed by atoms with Crippen molar-refractivity contribution in [2.75, 3.05) is 19.6 Å². The molecule has 0 aromatic carbocycles. The Labute approximate surface area is 133 Å². The van der Waals surface area contributed by atoms with E-state index in [1.165, 1.54) is 77.4 Å². The zero-order chi connectivity index (χ0) is 15.1. The number of rotatable bonds is 9. The van der Waals surface area contributed by atoms with Crippen LogP contribution < -0.4 is 5.32 Å². The Hall–Kier alpha value is -0.0800. The molecule has 0 aromatic heterocycles. The van der Waals surface area contributed by atoms with Crippen molar-refractivity contribution in [3.8, 4) is 0 Å². The van der Waals surface area contributed by atoms with Crippen LogP contribution in [0.2, 0.25) is 0 Å². The summed E-state index contributed by atoms with van der Waals surface area (Å²) in [5.74, 6) is 1.74. The summed E-state index contributed by atoms with van der Waals surface area (Å²) in [5, 5.41) is 3.86. The molecule has 0 aliphatic heterocycles. The van der Waals surface area contributed by atoms with Gasteiger partial charge in [-0.05, 0) is 63.5 Å². The van der Waals surface area contributed by atoms with E-state index in [1.54, 1.807) is 0 Å². The van der Waals surface area contributed by atoms with Gasteiger partial charge in [-0.15, -0.1) is 0 Å². The highest BCUT2D eigenvalue weighted by Crippen LogP contribution is 2.31. The van der Waals surface area contributed by atoms with Gasteiger partial charge in [0.25, 0.3) is 0 Å². The van der Waals surface area contributed by atoms with E-state index in [4.69, 9.17) is 0 Å². The van der Waals surface area contributed by atoms with Crippen LogP contribution in [-0.4, -0.2) is 36.6 Å². The fraction of sp³-hybridized carbons (Fsp3) is 1.00. The molecule has 1 N–H and O–H groups in total. The second-order valence-corrected chi connectivity index (χ2v) is 7.87. The van der Waals surface area contributed by atoms with Crippen LogP contribution in [0.15, 0.2) is 0 Å². The normalized spacial score (nSPS) is 27.3. The van der Waals surface area contributed by atoms with Crippen molar-refractivity contribution in [3.63, 3.8) is 0 Å². The van der Waals surface area contributed by atoms with E-state index in [-0.39, 0.29) is 0 Å². The van der Waals surface area contributed by atoms with E-state index in [9.17, 15) is 0 Å². The lowest BCUT2D eigenvalue weighted by Gasteiger charge is -2.32. The number of nitrogens with zero attached hydrogens (tertiary/aromatic N) is 1. The Balaban J connectivity index is 1.87. The summed E-state index contributed by atoms with van der Waals surface area (Å²) >= 11 is 0. The molecule has 2 aliphatic carbocycles. The van der Waals surface area contributed by atoms with Gasteiger partial charge in [0.2, 0.25) is 0 Å². The molecule has 124 valence electrons. The van der Waals surface area contributed by atoms with Crippen LogP contribution in [0.1, 0.15) is 78.6 Å². The van der Waals surface area contributed by atoms with Crippen LogP contribution in [0.5, 0.6) is 0 Å². The lowest BCUT2D eigenvalue weighted by atomic mass is 9.93. The molecule has 0 heterocycles. The third-order valence-electron chi connectivity index (χ3n) is 5.34. The quantitative estimate of drug-likeness (QED) is 0.632. The molecule has 0 aromatic rings. The molecule has 0 bridgehead atoms. The van der Waals surface area contributed by atoms with Gasteiger partial charge in [0.1, 0.15) is 0 Å². The predicted molar refractivity (Wildman–Crippen MR) is 92.7 cm³/mol. The first-order chi connectivity index (χ1) is 10.2. The zero-order valence-electron chi connectivity index (χ0n) is 14.7. The predicted octanol–water partition coefficient (Wildman–Crippen LogP) is 4.45. The summed E-state index contributed by atoms with van der Waals surface area (Å²) in [4.78, 5) is 2.84. The molecule has 2 saturated carbocycles. The molecule has 2 rings (SSSR count). The van der Waals surface area contributed by atoms with Crippen molar-refractivity contribution in [2.24, 2.45) is 11.8 Å². The number of hydrogen-bond donors (Lipinski definition) is 1. The van der Waals surface area contributed by atoms with E-state index in [0.717, 1.165) is 23.9 Å². The molecule has 2 fully saturated rings. The highest BCUT2D eigenvalue weighted by atomic mass is 15.2. The van der Waals surface area contributed by atoms with Crippen LogP contribution in [0.3, 0.4) is 0 Å². The number of nitrogens with one attached hydrogen (secondary N) is 1. The van der Waals surface area contributed by atoms with E-state index in [1.807, 2.05) is 0 Å². The van der Waals surface area contributed by atoms with Crippen molar-refractivity contribution in [1.82, 2.24) is 10.2 Å². The minimum absolute atomic E-state index is 0.785. The van der Waals surface area contributed by atoms with E-state index >= 15 is 0 Å². The molecule has 21 heavy (non-hydrogen) atoms. The lowest BCUT2D eigenvalue weighted by Crippen LogP contribution is -2.43. The first-order valence-electron chi connectivity index (χ1n) is 9.68. The molecule has 0 spiro atoms. The molecule has 2 unspecified atom stereocenters. The van der Waals surface area contributed by atoms with Gasteiger partial charge < -0.3 is 10.2 Å². The van der Waals surface area contributed by atoms with E-state index in [2.05, 4.69) is 31.0 Å². The highest BCUT2D eigenvalue weighted by Gasteiger charge is 2.32. The van der Waals surface area contributed by atoms with E-state index < -0.39 is 0 Å². The van der Waals surface area contributed by atoms with Crippen LogP contribution >= 0.6 is 0 Å². The maximum atomic E-state index is 3.86. The molecule has 0 saturated heterocycles. The smallest absolute Gasteiger partial charge is 0.0107 e. The van der Waals surface area contributed by atoms with Gasteiger partial charge >= 0.3 is 0 Å². The van der Waals surface area contributed by atoms with Crippen molar-refractivity contribution < 1.29 is 0 Å². The highest BCUT2D eigenvalue weighted by molar-refractivity contribution is 4.89. The van der Waals surface area contributed by atoms with Crippen molar-refractivity contribution in [3.05, 3.63) is 0 Å². The maximum Gasteiger partial charge on any atom is 0.0107 e. The Morgan fingerprint density at radius 1 is 1.05 bits per heavy atom. The first-order valence-corrected chi connectivity index (χ1v) is 9.68. The van der Waals surface area contributed by atoms with Gasteiger partial charge in [-0.25, -0.2) is 0 Å². The summed E-state index contributed by atoms with van der Waals surface area (Å²) in [6.45, 7) is 10.9. The minimum Gasteiger partial charge on any atom is -0.314 e. The Morgan fingerprint density at radius 3 is 2.48 bits per heavy atom. The van der Waals surface area contributed by atoms with Crippen molar-refractivity contribution >= 4 is 0 Å². The summed E-state index contributed by atoms with van der Waals surface area (Å²) in [5.41, 5.74) is 0.